The number of allylic oxidation sites excluding steroid dienone is 2. The molecule has 83 heavy (non-hydrogen) atoms. The zero-order valence-electron chi connectivity index (χ0n) is 48.1. The van der Waals surface area contributed by atoms with Gasteiger partial charge in [-0.05, 0) is 82.0 Å². The first-order valence-electron chi connectivity index (χ1n) is 28.4. The van der Waals surface area contributed by atoms with Gasteiger partial charge in [-0.25, -0.2) is 8.42 Å². The van der Waals surface area contributed by atoms with Crippen LogP contribution in [0.2, 0.25) is 0 Å². The van der Waals surface area contributed by atoms with Crippen LogP contribution in [0.25, 0.3) is 0 Å². The van der Waals surface area contributed by atoms with Gasteiger partial charge in [0.05, 0.1) is 43.5 Å². The summed E-state index contributed by atoms with van der Waals surface area (Å²) >= 11 is 0. The first-order chi connectivity index (χ1) is 38.4. The number of fused-ring (bicyclic) bond motifs is 5. The molecule has 0 radical (unpaired) electrons. The molecule has 4 aliphatic carbocycles. The molecule has 0 aromatic carbocycles. The average molecular weight is 1220 g/mol. The van der Waals surface area contributed by atoms with Crippen molar-refractivity contribution in [3.05, 3.63) is 23.8 Å². The first kappa shape index (κ1) is 66.4. The number of ether oxygens (including phenoxy) is 12. The van der Waals surface area contributed by atoms with E-state index in [9.17, 15) is 68.8 Å². The van der Waals surface area contributed by atoms with Crippen LogP contribution in [0.3, 0.4) is 0 Å². The summed E-state index contributed by atoms with van der Waals surface area (Å²) in [5.41, 5.74) is 0.213. The second-order valence-electron chi connectivity index (χ2n) is 25.5. The molecule has 27 unspecified atom stereocenters. The number of carbonyl (C=O) groups is 1. The van der Waals surface area contributed by atoms with E-state index in [4.69, 9.17) is 61.0 Å². The van der Waals surface area contributed by atoms with Crippen molar-refractivity contribution in [3.8, 4) is 0 Å². The Kier molecular flexibility index (Phi) is 19.7. The fourth-order valence-electron chi connectivity index (χ4n) is 16.3. The van der Waals surface area contributed by atoms with Crippen molar-refractivity contribution in [1.82, 2.24) is 0 Å². The van der Waals surface area contributed by atoms with Crippen molar-refractivity contribution in [3.63, 3.8) is 0 Å². The summed E-state index contributed by atoms with van der Waals surface area (Å²) in [5, 5.41) is 112. The van der Waals surface area contributed by atoms with Crippen molar-refractivity contribution in [2.75, 3.05) is 26.9 Å². The number of methoxy groups -OCH3 is 1. The normalized spacial score (nSPS) is 52.3. The van der Waals surface area contributed by atoms with Gasteiger partial charge in [0.15, 0.2) is 31.5 Å². The van der Waals surface area contributed by atoms with Crippen LogP contribution >= 0.6 is 0 Å². The number of aliphatic hydroxyl groups excluding tert-OH is 10. The predicted octanol–water partition coefficient (Wildman–Crippen LogP) is -5.36. The van der Waals surface area contributed by atoms with Gasteiger partial charge in [0, 0.05) is 18.4 Å². The maximum absolute atomic E-state index is 13.8. The SMILES string of the molecule is C=C(C)[C@H]1C2C[C@@]3(C)C4=CCC5C(C)(C)C(OC6OCC(OS(=O)(=O)[O-])C(O)C6OC6OC(C)C(OC7OC(CO)C(O)C(OC8OCC(O)C(OC)C8O)C7O)C(O)C6OC6OC(C)C(O)C(O)C6O)CC[C@]5(C)C4CC[C@]13C(=O)O2.[Na+]. The second kappa shape index (κ2) is 24.6. The number of rotatable bonds is 15. The number of hydrogen-bond acceptors (Lipinski definition) is 27. The molecule has 0 amide bonds. The second-order valence-corrected chi connectivity index (χ2v) is 26.5. The van der Waals surface area contributed by atoms with Crippen LogP contribution in [0, 0.1) is 39.4 Å². The Balaban J connectivity index is 0.00000828. The summed E-state index contributed by atoms with van der Waals surface area (Å²) in [4.78, 5) is 13.8. The van der Waals surface area contributed by atoms with Crippen LogP contribution in [-0.4, -0.2) is 250 Å². The maximum atomic E-state index is 13.8. The van der Waals surface area contributed by atoms with E-state index in [0.717, 1.165) is 12.0 Å². The molecular formula is C54H83NaO27S. The first-order valence-corrected chi connectivity index (χ1v) is 29.7. The Bertz CT molecular complexity index is 2480. The topological polar surface area (TPSA) is 397 Å². The molecule has 10 rings (SSSR count). The van der Waals surface area contributed by atoms with E-state index >= 15 is 0 Å². The quantitative estimate of drug-likeness (QED) is 0.0241. The van der Waals surface area contributed by atoms with Gasteiger partial charge in [-0.2, -0.15) is 0 Å². The van der Waals surface area contributed by atoms with Gasteiger partial charge >= 0.3 is 35.5 Å². The van der Waals surface area contributed by atoms with E-state index in [1.807, 2.05) is 6.92 Å². The summed E-state index contributed by atoms with van der Waals surface area (Å²) in [6.45, 7) is 15.8. The number of esters is 1. The molecular weight excluding hydrogens is 1140 g/mol. The van der Waals surface area contributed by atoms with E-state index in [0.29, 0.717) is 32.1 Å². The van der Waals surface area contributed by atoms with Gasteiger partial charge in [0.2, 0.25) is 10.4 Å². The summed E-state index contributed by atoms with van der Waals surface area (Å²) in [5.74, 6) is -0.0907. The van der Waals surface area contributed by atoms with Crippen molar-refractivity contribution in [2.24, 2.45) is 39.4 Å². The molecule has 10 N–H and O–H groups in total. The molecule has 10 aliphatic rings. The monoisotopic (exact) mass is 1220 g/mol. The molecule has 0 aromatic heterocycles. The Hall–Kier alpha value is -1.02. The Morgan fingerprint density at radius 3 is 1.99 bits per heavy atom. The predicted molar refractivity (Wildman–Crippen MR) is 271 cm³/mol. The molecule has 2 bridgehead atoms. The number of aliphatic hydroxyl groups is 10. The van der Waals surface area contributed by atoms with E-state index in [1.165, 1.54) is 26.5 Å². The van der Waals surface area contributed by atoms with Crippen LogP contribution in [0.15, 0.2) is 23.8 Å². The molecule has 468 valence electrons. The van der Waals surface area contributed by atoms with Gasteiger partial charge < -0.3 is 112 Å². The zero-order valence-corrected chi connectivity index (χ0v) is 51.0. The third-order valence-corrected chi connectivity index (χ3v) is 21.0. The van der Waals surface area contributed by atoms with Crippen LogP contribution in [0.1, 0.15) is 87.0 Å². The van der Waals surface area contributed by atoms with Crippen molar-refractivity contribution >= 4 is 16.4 Å². The summed E-state index contributed by atoms with van der Waals surface area (Å²) in [7, 11) is -4.26. The molecule has 6 saturated heterocycles. The van der Waals surface area contributed by atoms with Crippen molar-refractivity contribution in [1.29, 1.82) is 0 Å². The van der Waals surface area contributed by atoms with Crippen LogP contribution in [0.4, 0.5) is 0 Å². The minimum Gasteiger partial charge on any atom is -0.726 e. The molecule has 6 aliphatic heterocycles. The Morgan fingerprint density at radius 1 is 0.711 bits per heavy atom. The molecule has 6 heterocycles. The summed E-state index contributed by atoms with van der Waals surface area (Å²) in [6, 6.07) is 0. The van der Waals surface area contributed by atoms with Gasteiger partial charge in [-0.3, -0.25) is 8.98 Å². The van der Waals surface area contributed by atoms with E-state index in [-0.39, 0.29) is 71.4 Å². The average Bonchev–Trinajstić information content (AvgIpc) is 1.79. The number of carbonyl (C=O) groups excluding carboxylic acids is 1. The fraction of sp³-hybridized carbons (Fsp3) is 0.907. The molecule has 0 aromatic rings. The van der Waals surface area contributed by atoms with Gasteiger partial charge in [-0.15, -0.1) is 0 Å². The fourth-order valence-corrected chi connectivity index (χ4v) is 16.8. The molecule has 31 atom stereocenters. The van der Waals surface area contributed by atoms with Crippen LogP contribution < -0.4 is 29.6 Å². The Morgan fingerprint density at radius 2 is 1.33 bits per heavy atom. The largest absolute Gasteiger partial charge is 1.00 e. The van der Waals surface area contributed by atoms with E-state index in [1.54, 1.807) is 0 Å². The molecule has 3 saturated carbocycles. The summed E-state index contributed by atoms with van der Waals surface area (Å²) < 4.78 is 113. The van der Waals surface area contributed by atoms with Gasteiger partial charge in [-0.1, -0.05) is 51.5 Å². The van der Waals surface area contributed by atoms with Crippen LogP contribution in [-0.2, 0) is 76.2 Å². The Labute approximate surface area is 503 Å². The van der Waals surface area contributed by atoms with Gasteiger partial charge in [0.1, 0.15) is 104 Å². The maximum Gasteiger partial charge on any atom is 1.00 e. The zero-order chi connectivity index (χ0) is 59.7. The molecule has 27 nitrogen and oxygen atoms in total. The third-order valence-electron chi connectivity index (χ3n) is 20.5. The van der Waals surface area contributed by atoms with E-state index in [2.05, 4.69) is 40.3 Å². The van der Waals surface area contributed by atoms with E-state index < -0.39 is 187 Å². The van der Waals surface area contributed by atoms with Gasteiger partial charge in [0.25, 0.3) is 0 Å². The molecule has 1 spiro atoms. The summed E-state index contributed by atoms with van der Waals surface area (Å²) in [6.07, 6.45) is -33.9. The molecule has 29 heteroatoms. The molecule has 9 fully saturated rings. The van der Waals surface area contributed by atoms with Crippen LogP contribution in [0.5, 0.6) is 0 Å². The smallest absolute Gasteiger partial charge is 0.726 e. The minimum absolute atomic E-state index is 0. The van der Waals surface area contributed by atoms with Crippen molar-refractivity contribution in [2.45, 2.75) is 241 Å². The van der Waals surface area contributed by atoms with Crippen molar-refractivity contribution < 1.29 is 159 Å². The third kappa shape index (κ3) is 11.3. The number of hydrogen-bond donors (Lipinski definition) is 10. The minimum atomic E-state index is -5.49. The standard InChI is InChI=1S/C54H84O27S.Na/c1-20(2)31-26-16-53(8)24-10-11-29-51(5,6)30(13-14-52(29,7)23(24)12-15-54(31,53)50(65)75-26)76-48-43(34(59)28(19-71-48)81-82(66,67)68)80-49-44(79-46-36(61)35(60)32(57)21(3)72-46)37(62)40(22(4)73-49)77-47-39(64)42(33(58)27(17-55)74-47)78-45-38(63)41(69-9)25(56)18-70-45;/h10,21-23,25-49,55-64H,1,11-19H2,2-9H3,(H,66,67,68);/q;+1/p-1/t21?,22?,23?,25?,26?,27?,28?,29?,30?,31-,32?,33?,34?,35?,36?,37?,38?,39?,40?,41?,42?,43?,44?,45?,46?,47?,48?,49?,52+,53-,54+;/m0./s1.